The number of hydrogen-bond acceptors (Lipinski definition) is 9. The van der Waals surface area contributed by atoms with Gasteiger partial charge in [-0.05, 0) is 42.5 Å². The second kappa shape index (κ2) is 12.6. The van der Waals surface area contributed by atoms with Gasteiger partial charge in [-0.15, -0.1) is 0 Å². The van der Waals surface area contributed by atoms with Gasteiger partial charge in [0.05, 0.1) is 47.2 Å². The van der Waals surface area contributed by atoms with Crippen molar-refractivity contribution in [2.24, 2.45) is 18.9 Å². The molecule has 2 aliphatic rings. The van der Waals surface area contributed by atoms with Gasteiger partial charge in [0.1, 0.15) is 6.10 Å². The van der Waals surface area contributed by atoms with Crippen LogP contribution in [0.1, 0.15) is 25.8 Å². The number of aromatic nitrogens is 2. The molecule has 5 atom stereocenters. The third kappa shape index (κ3) is 6.55. The zero-order chi connectivity index (χ0) is 30.0. The monoisotopic (exact) mass is 601 g/mol. The second-order valence-corrected chi connectivity index (χ2v) is 13.3. The largest absolute Gasteiger partial charge is 0.443 e. The van der Waals surface area contributed by atoms with Crippen molar-refractivity contribution in [2.45, 2.75) is 56.1 Å². The number of imidazole rings is 1. The SMILES string of the molecule is CC(C)CN(C[C@@H](O)[C@H](Cc1ccccc1)NC(=O)O[C@H]1CO[C@H]2OCC[C@H]21)S(=O)(=O)c1ccc2nc(N)n(C)c2c1. The van der Waals surface area contributed by atoms with Crippen molar-refractivity contribution in [3.63, 3.8) is 0 Å². The Labute approximate surface area is 245 Å². The number of nitrogens with two attached hydrogens (primary N) is 1. The number of aryl methyl sites for hydroxylation is 1. The fourth-order valence-corrected chi connectivity index (χ4v) is 7.18. The fraction of sp³-hybridized carbons (Fsp3) is 0.517. The van der Waals surface area contributed by atoms with Crippen molar-refractivity contribution < 1.29 is 32.5 Å². The Hall–Kier alpha value is -3.23. The van der Waals surface area contributed by atoms with E-state index in [4.69, 9.17) is 19.9 Å². The maximum absolute atomic E-state index is 13.9. The highest BCUT2D eigenvalue weighted by atomic mass is 32.2. The first kappa shape index (κ1) is 30.2. The van der Waals surface area contributed by atoms with Gasteiger partial charge in [0.2, 0.25) is 16.0 Å². The van der Waals surface area contributed by atoms with Gasteiger partial charge in [-0.1, -0.05) is 44.2 Å². The van der Waals surface area contributed by atoms with Gasteiger partial charge >= 0.3 is 6.09 Å². The number of carbonyl (C=O) groups excluding carboxylic acids is 1. The van der Waals surface area contributed by atoms with Crippen molar-refractivity contribution in [3.8, 4) is 0 Å². The Morgan fingerprint density at radius 1 is 1.21 bits per heavy atom. The van der Waals surface area contributed by atoms with Crippen LogP contribution in [-0.2, 0) is 37.7 Å². The molecule has 2 saturated heterocycles. The Bertz CT molecular complexity index is 1500. The summed E-state index contributed by atoms with van der Waals surface area (Å²) in [7, 11) is -2.32. The van der Waals surface area contributed by atoms with E-state index in [-0.39, 0.29) is 55.1 Å². The second-order valence-electron chi connectivity index (χ2n) is 11.4. The maximum atomic E-state index is 13.9. The standard InChI is InChI=1S/C29H39N5O7S/c1-18(2)15-34(42(37,38)20-9-10-22-24(14-20)33(3)28(30)31-22)16-25(35)23(13-19-7-5-4-6-8-19)32-29(36)41-26-17-40-27-21(26)11-12-39-27/h4-10,14,18,21,23,25-27,35H,11-13,15-17H2,1-3H3,(H2,30,31)(H,32,36)/t21-,23-,25+,26-,27+/m0/s1. The lowest BCUT2D eigenvalue weighted by atomic mass is 10.0. The number of aliphatic hydroxyl groups excluding tert-OH is 1. The van der Waals surface area contributed by atoms with Gasteiger partial charge in [-0.2, -0.15) is 4.31 Å². The zero-order valence-electron chi connectivity index (χ0n) is 24.0. The molecule has 0 unspecified atom stereocenters. The molecule has 1 aromatic heterocycles. The minimum atomic E-state index is -4.04. The van der Waals surface area contributed by atoms with E-state index in [1.165, 1.54) is 16.4 Å². The van der Waals surface area contributed by atoms with Gasteiger partial charge < -0.3 is 34.9 Å². The Morgan fingerprint density at radius 3 is 2.71 bits per heavy atom. The summed E-state index contributed by atoms with van der Waals surface area (Å²) in [5.74, 6) is 0.209. The lowest BCUT2D eigenvalue weighted by Crippen LogP contribution is -2.51. The summed E-state index contributed by atoms with van der Waals surface area (Å²) in [5, 5.41) is 14.3. The minimum Gasteiger partial charge on any atom is -0.443 e. The molecule has 5 rings (SSSR count). The van der Waals surface area contributed by atoms with Crippen LogP contribution in [0.25, 0.3) is 11.0 Å². The summed E-state index contributed by atoms with van der Waals surface area (Å²) < 4.78 is 47.5. The van der Waals surface area contributed by atoms with E-state index in [1.54, 1.807) is 17.7 Å². The van der Waals surface area contributed by atoms with Crippen molar-refractivity contribution in [1.29, 1.82) is 0 Å². The number of nitrogens with one attached hydrogen (secondary N) is 1. The molecule has 0 saturated carbocycles. The molecular weight excluding hydrogens is 562 g/mol. The molecule has 4 N–H and O–H groups in total. The summed E-state index contributed by atoms with van der Waals surface area (Å²) in [6.45, 7) is 4.52. The molecule has 228 valence electrons. The number of amides is 1. The van der Waals surface area contributed by atoms with Crippen LogP contribution in [0.3, 0.4) is 0 Å². The lowest BCUT2D eigenvalue weighted by molar-refractivity contribution is -0.0907. The number of nitrogen functional groups attached to an aromatic ring is 1. The first-order chi connectivity index (χ1) is 20.0. The number of nitrogens with zero attached hydrogens (tertiary/aromatic N) is 3. The minimum absolute atomic E-state index is 0.0301. The van der Waals surface area contributed by atoms with Crippen LogP contribution in [0, 0.1) is 11.8 Å². The summed E-state index contributed by atoms with van der Waals surface area (Å²) in [6.07, 6.45) is -1.77. The molecule has 12 nitrogen and oxygen atoms in total. The Balaban J connectivity index is 1.36. The van der Waals surface area contributed by atoms with Crippen molar-refractivity contribution in [3.05, 3.63) is 54.1 Å². The molecule has 0 spiro atoms. The van der Waals surface area contributed by atoms with Gasteiger partial charge in [0, 0.05) is 20.1 Å². The van der Waals surface area contributed by atoms with Gasteiger partial charge in [-0.3, -0.25) is 0 Å². The number of carbonyl (C=O) groups is 1. The normalized spacial score (nSPS) is 22.0. The number of hydrogen-bond donors (Lipinski definition) is 3. The Morgan fingerprint density at radius 2 is 1.98 bits per heavy atom. The van der Waals surface area contributed by atoms with Crippen molar-refractivity contribution in [1.82, 2.24) is 19.2 Å². The molecule has 2 aliphatic heterocycles. The number of ether oxygens (including phenoxy) is 3. The van der Waals surface area contributed by atoms with E-state index < -0.39 is 34.4 Å². The average Bonchev–Trinajstić information content (AvgIpc) is 3.64. The highest BCUT2D eigenvalue weighted by Crippen LogP contribution is 2.33. The summed E-state index contributed by atoms with van der Waals surface area (Å²) in [4.78, 5) is 17.4. The molecule has 3 aromatic rings. The van der Waals surface area contributed by atoms with Crippen LogP contribution in [0.4, 0.5) is 10.7 Å². The molecule has 0 aliphatic carbocycles. The van der Waals surface area contributed by atoms with E-state index in [0.717, 1.165) is 12.0 Å². The first-order valence-corrected chi connectivity index (χ1v) is 15.6. The quantitative estimate of drug-likeness (QED) is 0.300. The van der Waals surface area contributed by atoms with Crippen molar-refractivity contribution in [2.75, 3.05) is 32.0 Å². The topological polar surface area (TPSA) is 158 Å². The van der Waals surface area contributed by atoms with Gasteiger partial charge in [0.25, 0.3) is 0 Å². The number of fused-ring (bicyclic) bond motifs is 2. The summed E-state index contributed by atoms with van der Waals surface area (Å²) >= 11 is 0. The molecule has 13 heteroatoms. The highest BCUT2D eigenvalue weighted by molar-refractivity contribution is 7.89. The van der Waals surface area contributed by atoms with Gasteiger partial charge in [0.15, 0.2) is 6.29 Å². The van der Waals surface area contributed by atoms with Gasteiger partial charge in [-0.25, -0.2) is 18.2 Å². The summed E-state index contributed by atoms with van der Waals surface area (Å²) in [5.41, 5.74) is 7.95. The molecule has 0 bridgehead atoms. The first-order valence-electron chi connectivity index (χ1n) is 14.2. The van der Waals surface area contributed by atoms with Crippen LogP contribution in [0.15, 0.2) is 53.4 Å². The summed E-state index contributed by atoms with van der Waals surface area (Å²) in [6, 6.07) is 13.2. The maximum Gasteiger partial charge on any atom is 0.407 e. The average molecular weight is 602 g/mol. The number of aliphatic hydroxyl groups is 1. The van der Waals surface area contributed by atoms with E-state index in [0.29, 0.717) is 17.6 Å². The predicted molar refractivity (Wildman–Crippen MR) is 156 cm³/mol. The smallest absolute Gasteiger partial charge is 0.407 e. The third-order valence-corrected chi connectivity index (χ3v) is 9.62. The molecule has 1 amide bonds. The van der Waals surface area contributed by atoms with Crippen LogP contribution < -0.4 is 11.1 Å². The van der Waals surface area contributed by atoms with Crippen LogP contribution in [0.5, 0.6) is 0 Å². The number of sulfonamides is 1. The molecule has 0 radical (unpaired) electrons. The number of rotatable bonds is 11. The van der Waals surface area contributed by atoms with E-state index in [1.807, 2.05) is 44.2 Å². The highest BCUT2D eigenvalue weighted by Gasteiger charge is 2.44. The molecule has 2 fully saturated rings. The number of benzene rings is 2. The molecule has 3 heterocycles. The number of alkyl carbamates (subject to hydrolysis) is 1. The van der Waals surface area contributed by atoms with Crippen LogP contribution in [0.2, 0.25) is 0 Å². The molecular formula is C29H39N5O7S. The Kier molecular flexibility index (Phi) is 9.04. The van der Waals surface area contributed by atoms with E-state index in [9.17, 15) is 18.3 Å². The zero-order valence-corrected chi connectivity index (χ0v) is 24.9. The third-order valence-electron chi connectivity index (χ3n) is 7.79. The van der Waals surface area contributed by atoms with Crippen molar-refractivity contribution >= 4 is 33.1 Å². The van der Waals surface area contributed by atoms with Crippen LogP contribution >= 0.6 is 0 Å². The van der Waals surface area contributed by atoms with E-state index >= 15 is 0 Å². The molecule has 42 heavy (non-hydrogen) atoms. The van der Waals surface area contributed by atoms with Crippen LogP contribution in [-0.4, -0.2) is 84.3 Å². The molecule has 2 aromatic carbocycles. The number of anilines is 1. The fourth-order valence-electron chi connectivity index (χ4n) is 5.53. The lowest BCUT2D eigenvalue weighted by Gasteiger charge is -2.31. The predicted octanol–water partition coefficient (Wildman–Crippen LogP) is 2.26. The van der Waals surface area contributed by atoms with E-state index in [2.05, 4.69) is 10.3 Å².